The van der Waals surface area contributed by atoms with Gasteiger partial charge in [0.25, 0.3) is 0 Å². The van der Waals surface area contributed by atoms with Gasteiger partial charge in [-0.3, -0.25) is 9.59 Å². The lowest BCUT2D eigenvalue weighted by atomic mass is 9.72. The van der Waals surface area contributed by atoms with E-state index in [9.17, 15) is 9.59 Å². The Balaban J connectivity index is 1.56. The number of anilines is 1. The summed E-state index contributed by atoms with van der Waals surface area (Å²) in [7, 11) is 1.57. The first-order valence-electron chi connectivity index (χ1n) is 8.66. The molecule has 3 fully saturated rings. The summed E-state index contributed by atoms with van der Waals surface area (Å²) in [5.41, 5.74) is -1.36. The van der Waals surface area contributed by atoms with Crippen LogP contribution in [0.3, 0.4) is 0 Å². The molecule has 26 heavy (non-hydrogen) atoms. The minimum Gasteiger partial charge on any atom is -0.497 e. The van der Waals surface area contributed by atoms with E-state index in [4.69, 9.17) is 18.9 Å². The van der Waals surface area contributed by atoms with Crippen molar-refractivity contribution in [3.05, 3.63) is 36.4 Å². The van der Waals surface area contributed by atoms with E-state index in [1.807, 2.05) is 19.1 Å². The van der Waals surface area contributed by atoms with Crippen molar-refractivity contribution in [3.8, 4) is 5.75 Å². The molecule has 0 unspecified atom stereocenters. The van der Waals surface area contributed by atoms with Gasteiger partial charge in [0.2, 0.25) is 11.8 Å². The molecule has 3 saturated heterocycles. The molecule has 0 aromatic heterocycles. The SMILES string of the molecule is COc1ccc(N2C(=O)[C@@H]3[C@H](C2=O)[C@@]2(C)C=C[C@@]3(C3OCCO3)O2)cc1. The monoisotopic (exact) mass is 357 g/mol. The van der Waals surface area contributed by atoms with Crippen LogP contribution in [0.1, 0.15) is 6.92 Å². The number of carbonyl (C=O) groups excluding carboxylic acids is 2. The second kappa shape index (κ2) is 5.16. The van der Waals surface area contributed by atoms with Gasteiger partial charge in [0.05, 0.1) is 43.4 Å². The van der Waals surface area contributed by atoms with Crippen molar-refractivity contribution >= 4 is 17.5 Å². The third kappa shape index (κ3) is 1.83. The molecular weight excluding hydrogens is 338 g/mol. The Kier molecular flexibility index (Phi) is 3.17. The van der Waals surface area contributed by atoms with Gasteiger partial charge < -0.3 is 18.9 Å². The Morgan fingerprint density at radius 2 is 1.69 bits per heavy atom. The third-order valence-electron chi connectivity index (χ3n) is 5.80. The molecule has 0 N–H and O–H groups in total. The maximum absolute atomic E-state index is 13.3. The fourth-order valence-electron chi connectivity index (χ4n) is 4.66. The summed E-state index contributed by atoms with van der Waals surface area (Å²) >= 11 is 0. The molecule has 2 amide bonds. The molecule has 0 saturated carbocycles. The lowest BCUT2D eigenvalue weighted by Gasteiger charge is -2.32. The van der Waals surface area contributed by atoms with Gasteiger partial charge >= 0.3 is 0 Å². The number of nitrogens with zero attached hydrogens (tertiary/aromatic N) is 1. The molecule has 5 rings (SSSR count). The van der Waals surface area contributed by atoms with E-state index in [0.717, 1.165) is 0 Å². The average molecular weight is 357 g/mol. The number of methoxy groups -OCH3 is 1. The van der Waals surface area contributed by atoms with Gasteiger partial charge in [-0.15, -0.1) is 0 Å². The molecule has 1 aromatic carbocycles. The van der Waals surface area contributed by atoms with E-state index in [0.29, 0.717) is 24.7 Å². The predicted octanol–water partition coefficient (Wildman–Crippen LogP) is 1.27. The highest BCUT2D eigenvalue weighted by Crippen LogP contribution is 2.59. The molecule has 136 valence electrons. The van der Waals surface area contributed by atoms with Crippen LogP contribution >= 0.6 is 0 Å². The van der Waals surface area contributed by atoms with Gasteiger partial charge in [-0.05, 0) is 37.3 Å². The van der Waals surface area contributed by atoms with Crippen molar-refractivity contribution < 1.29 is 28.5 Å². The first kappa shape index (κ1) is 16.0. The lowest BCUT2D eigenvalue weighted by Crippen LogP contribution is -2.49. The quantitative estimate of drug-likeness (QED) is 0.599. The maximum Gasteiger partial charge on any atom is 0.241 e. The van der Waals surface area contributed by atoms with Crippen molar-refractivity contribution in [1.82, 2.24) is 0 Å². The number of fused-ring (bicyclic) bond motifs is 5. The molecule has 1 aromatic rings. The summed E-state index contributed by atoms with van der Waals surface area (Å²) in [5.74, 6) is -1.12. The number of rotatable bonds is 3. The standard InChI is InChI=1S/C19H19NO6/c1-18-7-8-19(26-18,17-24-9-10-25-17)14-13(18)15(21)20(16(14)22)11-3-5-12(23-2)6-4-11/h3-8,13-14,17H,9-10H2,1-2H3/t13-,14+,18-,19-/m1/s1. The number of carbonyl (C=O) groups is 2. The summed E-state index contributed by atoms with van der Waals surface area (Å²) in [6.45, 7) is 2.73. The summed E-state index contributed by atoms with van der Waals surface area (Å²) in [4.78, 5) is 27.7. The first-order valence-corrected chi connectivity index (χ1v) is 8.66. The number of hydrogen-bond donors (Lipinski definition) is 0. The van der Waals surface area contributed by atoms with E-state index in [1.54, 1.807) is 31.4 Å². The van der Waals surface area contributed by atoms with Crippen molar-refractivity contribution in [2.45, 2.75) is 24.4 Å². The second-order valence-corrected chi connectivity index (χ2v) is 7.21. The Labute approximate surface area is 150 Å². The van der Waals surface area contributed by atoms with E-state index in [-0.39, 0.29) is 11.8 Å². The minimum atomic E-state index is -1.05. The van der Waals surface area contributed by atoms with Crippen LogP contribution in [0.2, 0.25) is 0 Å². The zero-order chi connectivity index (χ0) is 18.1. The maximum atomic E-state index is 13.3. The molecule has 7 nitrogen and oxygen atoms in total. The topological polar surface area (TPSA) is 74.3 Å². The second-order valence-electron chi connectivity index (χ2n) is 7.21. The number of amides is 2. The molecule has 0 aliphatic carbocycles. The smallest absolute Gasteiger partial charge is 0.241 e. The number of ether oxygens (including phenoxy) is 4. The van der Waals surface area contributed by atoms with Crippen LogP contribution in [-0.4, -0.2) is 49.6 Å². The van der Waals surface area contributed by atoms with Crippen LogP contribution in [0, 0.1) is 11.8 Å². The van der Waals surface area contributed by atoms with Crippen LogP contribution in [0.15, 0.2) is 36.4 Å². The van der Waals surface area contributed by atoms with Crippen molar-refractivity contribution in [3.63, 3.8) is 0 Å². The van der Waals surface area contributed by atoms with Crippen LogP contribution < -0.4 is 9.64 Å². The van der Waals surface area contributed by atoms with Gasteiger partial charge in [0.15, 0.2) is 11.9 Å². The van der Waals surface area contributed by atoms with Crippen molar-refractivity contribution in [2.75, 3.05) is 25.2 Å². The Hall–Kier alpha value is -2.22. The first-order chi connectivity index (χ1) is 12.5. The van der Waals surface area contributed by atoms with Crippen LogP contribution in [0.5, 0.6) is 5.75 Å². The normalized spacial score (nSPS) is 38.5. The zero-order valence-electron chi connectivity index (χ0n) is 14.5. The molecule has 0 spiro atoms. The fraction of sp³-hybridized carbons (Fsp3) is 0.474. The molecular formula is C19H19NO6. The highest BCUT2D eigenvalue weighted by Gasteiger charge is 2.75. The molecule has 4 aliphatic heterocycles. The molecule has 2 bridgehead atoms. The van der Waals surface area contributed by atoms with E-state index < -0.39 is 29.3 Å². The lowest BCUT2D eigenvalue weighted by molar-refractivity contribution is -0.190. The van der Waals surface area contributed by atoms with Gasteiger partial charge in [0.1, 0.15) is 5.75 Å². The summed E-state index contributed by atoms with van der Waals surface area (Å²) in [6, 6.07) is 6.88. The average Bonchev–Trinajstić information content (AvgIpc) is 3.38. The largest absolute Gasteiger partial charge is 0.497 e. The van der Waals surface area contributed by atoms with Crippen molar-refractivity contribution in [1.29, 1.82) is 0 Å². The zero-order valence-corrected chi connectivity index (χ0v) is 14.5. The fourth-order valence-corrected chi connectivity index (χ4v) is 4.66. The van der Waals surface area contributed by atoms with Gasteiger partial charge in [0, 0.05) is 0 Å². The van der Waals surface area contributed by atoms with Crippen LogP contribution in [0.4, 0.5) is 5.69 Å². The van der Waals surface area contributed by atoms with E-state index in [2.05, 4.69) is 0 Å². The van der Waals surface area contributed by atoms with E-state index in [1.165, 1.54) is 4.90 Å². The molecule has 0 radical (unpaired) electrons. The Morgan fingerprint density at radius 1 is 1.04 bits per heavy atom. The van der Waals surface area contributed by atoms with Crippen LogP contribution in [-0.2, 0) is 23.8 Å². The van der Waals surface area contributed by atoms with Gasteiger partial charge in [-0.1, -0.05) is 6.08 Å². The van der Waals surface area contributed by atoms with Gasteiger partial charge in [-0.25, -0.2) is 4.90 Å². The minimum absolute atomic E-state index is 0.253. The Bertz CT molecular complexity index is 814. The highest BCUT2D eigenvalue weighted by molar-refractivity contribution is 6.23. The number of benzene rings is 1. The molecule has 4 heterocycles. The Morgan fingerprint density at radius 3 is 2.35 bits per heavy atom. The number of imide groups is 1. The number of hydrogen-bond acceptors (Lipinski definition) is 6. The molecule has 4 atom stereocenters. The predicted molar refractivity (Wildman–Crippen MR) is 89.5 cm³/mol. The molecule has 4 aliphatic rings. The van der Waals surface area contributed by atoms with Crippen molar-refractivity contribution in [2.24, 2.45) is 11.8 Å². The van der Waals surface area contributed by atoms with Crippen LogP contribution in [0.25, 0.3) is 0 Å². The highest BCUT2D eigenvalue weighted by atomic mass is 16.7. The summed E-state index contributed by atoms with van der Waals surface area (Å²) in [5, 5.41) is 0. The third-order valence-corrected chi connectivity index (χ3v) is 5.80. The van der Waals surface area contributed by atoms with Gasteiger partial charge in [-0.2, -0.15) is 0 Å². The molecule has 7 heteroatoms. The summed E-state index contributed by atoms with van der Waals surface area (Å²) < 4.78 is 22.7. The summed E-state index contributed by atoms with van der Waals surface area (Å²) in [6.07, 6.45) is 3.03. The van der Waals surface area contributed by atoms with E-state index >= 15 is 0 Å².